The molecule has 25 heavy (non-hydrogen) atoms. The van der Waals surface area contributed by atoms with Crippen LogP contribution in [0.4, 0.5) is 4.39 Å². The van der Waals surface area contributed by atoms with Gasteiger partial charge in [-0.15, -0.1) is 0 Å². The summed E-state index contributed by atoms with van der Waals surface area (Å²) in [5, 5.41) is 2.60. The van der Waals surface area contributed by atoms with Crippen molar-refractivity contribution in [2.24, 2.45) is 0 Å². The first-order valence-electron chi connectivity index (χ1n) is 8.51. The molecule has 0 spiro atoms. The molecule has 1 N–H and O–H groups in total. The van der Waals surface area contributed by atoms with Gasteiger partial charge in [-0.3, -0.25) is 14.4 Å². The van der Waals surface area contributed by atoms with Gasteiger partial charge in [-0.1, -0.05) is 18.2 Å². The molecule has 1 saturated heterocycles. The number of carbonyl (C=O) groups is 3. The van der Waals surface area contributed by atoms with Crippen molar-refractivity contribution in [1.29, 1.82) is 0 Å². The second-order valence-corrected chi connectivity index (χ2v) is 6.09. The second-order valence-electron chi connectivity index (χ2n) is 6.09. The van der Waals surface area contributed by atoms with E-state index >= 15 is 0 Å². The van der Waals surface area contributed by atoms with Crippen molar-refractivity contribution in [3.05, 3.63) is 35.6 Å². The van der Waals surface area contributed by atoms with E-state index in [-0.39, 0.29) is 36.4 Å². The van der Waals surface area contributed by atoms with Crippen LogP contribution in [-0.4, -0.2) is 60.2 Å². The fraction of sp³-hybridized carbons (Fsp3) is 0.500. The van der Waals surface area contributed by atoms with Crippen molar-refractivity contribution in [3.63, 3.8) is 0 Å². The Morgan fingerprint density at radius 1 is 1.00 bits per heavy atom. The zero-order chi connectivity index (χ0) is 18.2. The van der Waals surface area contributed by atoms with Crippen LogP contribution in [0.25, 0.3) is 0 Å². The number of piperazine rings is 1. The number of amides is 3. The molecule has 0 unspecified atom stereocenters. The van der Waals surface area contributed by atoms with Gasteiger partial charge in [0.15, 0.2) is 0 Å². The van der Waals surface area contributed by atoms with Gasteiger partial charge in [-0.25, -0.2) is 4.39 Å². The predicted molar refractivity (Wildman–Crippen MR) is 91.2 cm³/mol. The van der Waals surface area contributed by atoms with E-state index in [1.807, 2.05) is 0 Å². The van der Waals surface area contributed by atoms with E-state index in [2.05, 4.69) is 5.32 Å². The molecule has 0 saturated carbocycles. The van der Waals surface area contributed by atoms with Gasteiger partial charge in [0.2, 0.25) is 17.7 Å². The molecule has 6 nitrogen and oxygen atoms in total. The maximum Gasteiger partial charge on any atom is 0.224 e. The third-order valence-corrected chi connectivity index (χ3v) is 4.26. The van der Waals surface area contributed by atoms with Gasteiger partial charge in [0, 0.05) is 52.5 Å². The normalized spacial score (nSPS) is 14.3. The fourth-order valence-corrected chi connectivity index (χ4v) is 2.81. The monoisotopic (exact) mass is 349 g/mol. The number of rotatable bonds is 6. The minimum atomic E-state index is -0.287. The molecule has 0 aliphatic carbocycles. The van der Waals surface area contributed by atoms with Crippen molar-refractivity contribution in [1.82, 2.24) is 15.1 Å². The van der Waals surface area contributed by atoms with Gasteiger partial charge in [0.05, 0.1) is 0 Å². The molecule has 1 aromatic rings. The molecule has 1 heterocycles. The summed E-state index contributed by atoms with van der Waals surface area (Å²) in [5.74, 6) is -0.483. The molecule has 0 bridgehead atoms. The van der Waals surface area contributed by atoms with Crippen molar-refractivity contribution in [3.8, 4) is 0 Å². The van der Waals surface area contributed by atoms with Gasteiger partial charge in [-0.2, -0.15) is 0 Å². The highest BCUT2D eigenvalue weighted by Gasteiger charge is 2.23. The van der Waals surface area contributed by atoms with Gasteiger partial charge in [-0.05, 0) is 18.1 Å². The average Bonchev–Trinajstić information content (AvgIpc) is 2.60. The maximum absolute atomic E-state index is 13.6. The number of aryl methyl sites for hydroxylation is 1. The summed E-state index contributed by atoms with van der Waals surface area (Å²) in [4.78, 5) is 38.5. The Morgan fingerprint density at radius 2 is 1.56 bits per heavy atom. The second kappa shape index (κ2) is 9.15. The van der Waals surface area contributed by atoms with Crippen LogP contribution in [0.1, 0.15) is 25.3 Å². The van der Waals surface area contributed by atoms with Crippen molar-refractivity contribution >= 4 is 17.7 Å². The minimum absolute atomic E-state index is 0.0198. The summed E-state index contributed by atoms with van der Waals surface area (Å²) in [6.07, 6.45) is 0.902. The largest absolute Gasteiger partial charge is 0.356 e. The third kappa shape index (κ3) is 5.85. The molecule has 0 radical (unpaired) electrons. The highest BCUT2D eigenvalue weighted by atomic mass is 19.1. The molecular weight excluding hydrogens is 325 g/mol. The van der Waals surface area contributed by atoms with Crippen LogP contribution in [0.3, 0.4) is 0 Å². The number of hydrogen-bond acceptors (Lipinski definition) is 3. The van der Waals surface area contributed by atoms with E-state index < -0.39 is 0 Å². The molecule has 1 aromatic carbocycles. The number of nitrogens with zero attached hydrogens (tertiary/aromatic N) is 2. The van der Waals surface area contributed by atoms with Crippen LogP contribution in [-0.2, 0) is 20.8 Å². The molecule has 3 amide bonds. The molecule has 1 aliphatic heterocycles. The number of benzene rings is 1. The van der Waals surface area contributed by atoms with Crippen LogP contribution >= 0.6 is 0 Å². The molecule has 0 aromatic heterocycles. The Hall–Kier alpha value is -2.44. The van der Waals surface area contributed by atoms with Crippen molar-refractivity contribution in [2.45, 2.75) is 26.2 Å². The summed E-state index contributed by atoms with van der Waals surface area (Å²) < 4.78 is 13.6. The van der Waals surface area contributed by atoms with Gasteiger partial charge in [0.1, 0.15) is 5.82 Å². The Bertz CT molecular complexity index is 628. The lowest BCUT2D eigenvalue weighted by atomic mass is 10.1. The Balaban J connectivity index is 1.72. The fourth-order valence-electron chi connectivity index (χ4n) is 2.81. The lowest BCUT2D eigenvalue weighted by Crippen LogP contribution is -2.51. The molecule has 1 fully saturated rings. The summed E-state index contributed by atoms with van der Waals surface area (Å²) in [6, 6.07) is 6.47. The predicted octanol–water partition coefficient (Wildman–Crippen LogP) is 0.955. The Morgan fingerprint density at radius 3 is 2.12 bits per heavy atom. The van der Waals surface area contributed by atoms with E-state index in [9.17, 15) is 18.8 Å². The maximum atomic E-state index is 13.6. The Labute approximate surface area is 147 Å². The highest BCUT2D eigenvalue weighted by molar-refractivity contribution is 5.79. The lowest BCUT2D eigenvalue weighted by Gasteiger charge is -2.35. The number of carbonyl (C=O) groups excluding carboxylic acids is 3. The third-order valence-electron chi connectivity index (χ3n) is 4.26. The van der Waals surface area contributed by atoms with Gasteiger partial charge in [0.25, 0.3) is 0 Å². The van der Waals surface area contributed by atoms with E-state index in [1.165, 1.54) is 13.0 Å². The molecule has 1 aliphatic rings. The van der Waals surface area contributed by atoms with E-state index in [4.69, 9.17) is 0 Å². The first kappa shape index (κ1) is 18.9. The number of hydrogen-bond donors (Lipinski definition) is 1. The van der Waals surface area contributed by atoms with Crippen molar-refractivity contribution < 1.29 is 18.8 Å². The standard InChI is InChI=1S/C18H24FN3O3/c1-14(23)20-9-8-18(25)22-12-10-21(11-13-22)17(24)7-6-15-4-2-3-5-16(15)19/h2-5H,6-13H2,1H3,(H,20,23). The van der Waals surface area contributed by atoms with Crippen LogP contribution in [0.15, 0.2) is 24.3 Å². The zero-order valence-electron chi connectivity index (χ0n) is 14.5. The first-order valence-corrected chi connectivity index (χ1v) is 8.51. The molecular formula is C18H24FN3O3. The van der Waals surface area contributed by atoms with Crippen LogP contribution in [0, 0.1) is 5.82 Å². The summed E-state index contributed by atoms with van der Waals surface area (Å²) in [5.41, 5.74) is 0.544. The quantitative estimate of drug-likeness (QED) is 0.832. The average molecular weight is 349 g/mol. The summed E-state index contributed by atoms with van der Waals surface area (Å²) in [6.45, 7) is 3.70. The van der Waals surface area contributed by atoms with E-state index in [0.29, 0.717) is 44.7 Å². The van der Waals surface area contributed by atoms with Crippen molar-refractivity contribution in [2.75, 3.05) is 32.7 Å². The summed E-state index contributed by atoms with van der Waals surface area (Å²) >= 11 is 0. The van der Waals surface area contributed by atoms with Gasteiger partial charge >= 0.3 is 0 Å². The minimum Gasteiger partial charge on any atom is -0.356 e. The van der Waals surface area contributed by atoms with Gasteiger partial charge < -0.3 is 15.1 Å². The number of halogens is 1. The molecule has 0 atom stereocenters. The number of nitrogens with one attached hydrogen (secondary N) is 1. The SMILES string of the molecule is CC(=O)NCCC(=O)N1CCN(C(=O)CCc2ccccc2F)CC1. The van der Waals surface area contributed by atoms with E-state index in [0.717, 1.165) is 0 Å². The molecule has 2 rings (SSSR count). The Kier molecular flexibility index (Phi) is 6.91. The van der Waals surface area contributed by atoms with Crippen LogP contribution in [0.5, 0.6) is 0 Å². The first-order chi connectivity index (χ1) is 12.0. The van der Waals surface area contributed by atoms with Crippen LogP contribution in [0.2, 0.25) is 0 Å². The molecule has 136 valence electrons. The zero-order valence-corrected chi connectivity index (χ0v) is 14.5. The molecule has 7 heteroatoms. The van der Waals surface area contributed by atoms with Crippen LogP contribution < -0.4 is 5.32 Å². The van der Waals surface area contributed by atoms with E-state index in [1.54, 1.807) is 28.0 Å². The highest BCUT2D eigenvalue weighted by Crippen LogP contribution is 2.11. The summed E-state index contributed by atoms with van der Waals surface area (Å²) in [7, 11) is 0. The smallest absolute Gasteiger partial charge is 0.224 e. The topological polar surface area (TPSA) is 69.7 Å². The lowest BCUT2D eigenvalue weighted by molar-refractivity contribution is -0.139.